The van der Waals surface area contributed by atoms with Crippen LogP contribution in [0.2, 0.25) is 0 Å². The largest absolute Gasteiger partial charge is 0.507 e. The van der Waals surface area contributed by atoms with Crippen molar-refractivity contribution in [2.45, 2.75) is 10.5 Å². The predicted molar refractivity (Wildman–Crippen MR) is 192 cm³/mol. The summed E-state index contributed by atoms with van der Waals surface area (Å²) in [5, 5.41) is 21.9. The van der Waals surface area contributed by atoms with Gasteiger partial charge in [0.2, 0.25) is 0 Å². The fourth-order valence-corrected chi connectivity index (χ4v) is 7.59. The number of carbonyl (C=O) groups excluding carboxylic acids is 3. The van der Waals surface area contributed by atoms with Crippen molar-refractivity contribution >= 4 is 73.0 Å². The summed E-state index contributed by atoms with van der Waals surface area (Å²) in [7, 11) is -9.54. The highest BCUT2D eigenvalue weighted by atomic mass is 32.2. The van der Waals surface area contributed by atoms with Gasteiger partial charge in [0.25, 0.3) is 32.1 Å². The number of nitrogens with zero attached hydrogens (tertiary/aromatic N) is 2. The van der Waals surface area contributed by atoms with Crippen LogP contribution >= 0.6 is 0 Å². The fraction of sp³-hybridized carbons (Fsp3) is 0.0571. The van der Waals surface area contributed by atoms with Crippen molar-refractivity contribution < 1.29 is 50.5 Å². The second-order valence-corrected chi connectivity index (χ2v) is 14.4. The zero-order valence-corrected chi connectivity index (χ0v) is 28.0. The number of rotatable bonds is 6. The molecule has 0 aliphatic heterocycles. The highest BCUT2D eigenvalue weighted by Crippen LogP contribution is 2.38. The molecule has 2 aliphatic rings. The van der Waals surface area contributed by atoms with E-state index in [1.807, 2.05) is 0 Å². The van der Waals surface area contributed by atoms with E-state index in [2.05, 4.69) is 20.6 Å². The van der Waals surface area contributed by atoms with Crippen LogP contribution < -0.4 is 10.6 Å². The Morgan fingerprint density at radius 1 is 0.538 bits per heavy atom. The predicted octanol–water partition coefficient (Wildman–Crippen LogP) is 5.22. The van der Waals surface area contributed by atoms with Gasteiger partial charge in [-0.2, -0.15) is 16.8 Å². The van der Waals surface area contributed by atoms with Crippen molar-refractivity contribution in [2.24, 2.45) is 9.98 Å². The smallest absolute Gasteiger partial charge is 0.323 e. The molecule has 15 nitrogen and oxygen atoms in total. The van der Waals surface area contributed by atoms with E-state index < -0.39 is 48.6 Å². The molecule has 0 heterocycles. The number of carbonyl (C=O) groups is 3. The first-order valence-electron chi connectivity index (χ1n) is 15.1. The van der Waals surface area contributed by atoms with Gasteiger partial charge in [-0.3, -0.25) is 18.7 Å². The molecule has 4 aromatic carbocycles. The number of phenolic OH excluding ortho intramolecular Hbond substituents is 2. The number of hydrogen-bond acceptors (Lipinski definition) is 9. The number of aromatic hydroxyl groups is 2. The summed E-state index contributed by atoms with van der Waals surface area (Å²) in [5.41, 5.74) is 0.553. The van der Waals surface area contributed by atoms with E-state index in [4.69, 9.17) is 0 Å². The number of nitrogens with one attached hydrogen (secondary N) is 2. The molecule has 4 amide bonds. The zero-order valence-electron chi connectivity index (χ0n) is 26.4. The van der Waals surface area contributed by atoms with Crippen LogP contribution in [-0.2, 0) is 20.2 Å². The molecule has 0 bridgehead atoms. The molecule has 4 aromatic rings. The Kier molecular flexibility index (Phi) is 9.44. The van der Waals surface area contributed by atoms with Gasteiger partial charge in [-0.15, -0.1) is 0 Å². The first-order valence-corrected chi connectivity index (χ1v) is 18.1. The van der Waals surface area contributed by atoms with Crippen LogP contribution in [0.3, 0.4) is 0 Å². The lowest BCUT2D eigenvalue weighted by atomic mass is 9.94. The van der Waals surface area contributed by atoms with E-state index in [1.54, 1.807) is 0 Å². The molecule has 6 rings (SSSR count). The lowest BCUT2D eigenvalue weighted by Crippen LogP contribution is -2.24. The summed E-state index contributed by atoms with van der Waals surface area (Å²) in [6, 6.07) is 18.5. The maximum atomic E-state index is 12.9. The number of benzene rings is 4. The summed E-state index contributed by atoms with van der Waals surface area (Å²) < 4.78 is 68.7. The minimum absolute atomic E-state index is 0.0421. The first kappa shape index (κ1) is 35.6. The highest BCUT2D eigenvalue weighted by Gasteiger charge is 2.36. The highest BCUT2D eigenvalue weighted by molar-refractivity contribution is 7.87. The van der Waals surface area contributed by atoms with Crippen LogP contribution in [0, 0.1) is 0 Å². The van der Waals surface area contributed by atoms with E-state index in [1.165, 1.54) is 109 Å². The first-order chi connectivity index (χ1) is 24.6. The van der Waals surface area contributed by atoms with Gasteiger partial charge in [-0.1, -0.05) is 24.3 Å². The third kappa shape index (κ3) is 7.42. The minimum Gasteiger partial charge on any atom is -0.507 e. The zero-order chi connectivity index (χ0) is 37.4. The average Bonchev–Trinajstić information content (AvgIpc) is 3.07. The van der Waals surface area contributed by atoms with Gasteiger partial charge in [-0.25, -0.2) is 14.8 Å². The second-order valence-electron chi connectivity index (χ2n) is 11.4. The van der Waals surface area contributed by atoms with Gasteiger partial charge in [0, 0.05) is 33.6 Å². The molecular weight excluding hydrogens is 717 g/mol. The van der Waals surface area contributed by atoms with Crippen LogP contribution in [0.4, 0.5) is 16.2 Å². The molecule has 0 fully saturated rings. The number of phenols is 2. The summed E-state index contributed by atoms with van der Waals surface area (Å²) in [6.45, 7) is 0. The van der Waals surface area contributed by atoms with Gasteiger partial charge >= 0.3 is 6.03 Å². The Labute approximate surface area is 295 Å². The van der Waals surface area contributed by atoms with Gasteiger partial charge in [0.05, 0.1) is 11.4 Å². The lowest BCUT2D eigenvalue weighted by Gasteiger charge is -2.21. The van der Waals surface area contributed by atoms with Crippen LogP contribution in [0.25, 0.3) is 12.2 Å². The van der Waals surface area contributed by atoms with Crippen molar-refractivity contribution in [3.8, 4) is 11.5 Å². The van der Waals surface area contributed by atoms with Crippen molar-refractivity contribution in [3.63, 3.8) is 0 Å². The van der Waals surface area contributed by atoms with Gasteiger partial charge < -0.3 is 20.8 Å². The molecule has 2 atom stereocenters. The Hall–Kier alpha value is -6.27. The Morgan fingerprint density at radius 3 is 1.25 bits per heavy atom. The van der Waals surface area contributed by atoms with E-state index >= 15 is 0 Å². The quantitative estimate of drug-likeness (QED) is 0.140. The third-order valence-electron chi connectivity index (χ3n) is 8.01. The molecule has 0 radical (unpaired) electrons. The van der Waals surface area contributed by atoms with Crippen LogP contribution in [0.1, 0.15) is 53.5 Å². The summed E-state index contributed by atoms with van der Waals surface area (Å²) in [5.74, 6) is -2.08. The van der Waals surface area contributed by atoms with E-state index in [0.29, 0.717) is 0 Å². The average molecular weight is 743 g/mol. The SMILES string of the molecule is O=C(Nc1ccc(C(=O)N=C2C=Cc3c(O)cccc3C2S(=O)(=O)O)cc1)Nc1ccc(C(=O)N=C2C=Cc3c(O)cccc3C2S(=O)(=O)O)cc1. The number of urea groups is 1. The normalized spacial score (nSPS) is 18.0. The Morgan fingerprint density at radius 2 is 0.904 bits per heavy atom. The molecule has 2 unspecified atom stereocenters. The number of amides is 4. The third-order valence-corrected chi connectivity index (χ3v) is 10.2. The molecule has 264 valence electrons. The fourth-order valence-electron chi connectivity index (χ4n) is 5.66. The molecule has 0 saturated carbocycles. The number of allylic oxidation sites excluding steroid dienone is 2. The Bertz CT molecular complexity index is 2320. The maximum absolute atomic E-state index is 12.9. The van der Waals surface area contributed by atoms with E-state index in [9.17, 15) is 50.5 Å². The molecule has 17 heteroatoms. The van der Waals surface area contributed by atoms with Crippen LogP contribution in [-0.4, -0.2) is 65.4 Å². The minimum atomic E-state index is -4.77. The van der Waals surface area contributed by atoms with Crippen molar-refractivity contribution in [3.05, 3.63) is 130 Å². The number of hydrogen-bond donors (Lipinski definition) is 6. The van der Waals surface area contributed by atoms with Gasteiger partial charge in [0.1, 0.15) is 11.5 Å². The molecule has 0 spiro atoms. The second kappa shape index (κ2) is 13.8. The summed E-state index contributed by atoms with van der Waals surface area (Å²) in [6.07, 6.45) is 5.20. The van der Waals surface area contributed by atoms with Crippen LogP contribution in [0.15, 0.2) is 107 Å². The number of fused-ring (bicyclic) bond motifs is 2. The van der Waals surface area contributed by atoms with Crippen molar-refractivity contribution in [2.75, 3.05) is 10.6 Å². The number of aliphatic imine (C=N–C) groups is 2. The van der Waals surface area contributed by atoms with E-state index in [0.717, 1.165) is 0 Å². The standard InChI is InChI=1S/C35H26N4O11S2/c40-29-5-1-3-25-23(29)15-17-27(31(25)51(45,46)47)38-33(42)19-7-11-21(12-8-19)36-35(44)37-22-13-9-20(10-14-22)34(43)39-28-18-16-24-26(4-2-6-30(24)41)32(28)52(48,49)50/h1-18,31-32,40-41H,(H2,36,37,44)(H,45,46,47)(H,48,49,50). The molecule has 0 aromatic heterocycles. The molecule has 52 heavy (non-hydrogen) atoms. The molecule has 2 aliphatic carbocycles. The molecule has 0 saturated heterocycles. The van der Waals surface area contributed by atoms with Crippen LogP contribution in [0.5, 0.6) is 11.5 Å². The lowest BCUT2D eigenvalue weighted by molar-refractivity contribution is 0.0994. The van der Waals surface area contributed by atoms with Gasteiger partial charge in [-0.05, 0) is 96.1 Å². The number of anilines is 2. The maximum Gasteiger partial charge on any atom is 0.323 e. The van der Waals surface area contributed by atoms with Crippen molar-refractivity contribution in [1.82, 2.24) is 0 Å². The molecule has 6 N–H and O–H groups in total. The van der Waals surface area contributed by atoms with E-state index in [-0.39, 0.29) is 67.7 Å². The topological polar surface area (TPSA) is 249 Å². The van der Waals surface area contributed by atoms with Gasteiger partial charge in [0.15, 0.2) is 10.5 Å². The molecular formula is C35H26N4O11S2. The van der Waals surface area contributed by atoms with Crippen molar-refractivity contribution in [1.29, 1.82) is 0 Å². The summed E-state index contributed by atoms with van der Waals surface area (Å²) in [4.78, 5) is 46.3. The monoisotopic (exact) mass is 742 g/mol. The summed E-state index contributed by atoms with van der Waals surface area (Å²) >= 11 is 0. The Balaban J connectivity index is 1.10.